The Bertz CT molecular complexity index is 817. The van der Waals surface area contributed by atoms with Gasteiger partial charge < -0.3 is 24.6 Å². The standard InChI is InChI=1S/C18H22N2O6/c1-10-15(17(23)25-4)12(20-16(10)11(2)21)8-14(22)19-9-18(3,24)13-6-5-7-26-13/h5-7,20,24H,8-9H2,1-4H3,(H,19,22)/t18-/m0/s1. The molecule has 0 aliphatic rings. The number of aromatic amines is 1. The molecular weight excluding hydrogens is 340 g/mol. The van der Waals surface area contributed by atoms with Crippen molar-refractivity contribution in [1.82, 2.24) is 10.3 Å². The van der Waals surface area contributed by atoms with Crippen LogP contribution in [0, 0.1) is 6.92 Å². The lowest BCUT2D eigenvalue weighted by molar-refractivity contribution is -0.121. The summed E-state index contributed by atoms with van der Waals surface area (Å²) < 4.78 is 9.89. The van der Waals surface area contributed by atoms with E-state index in [9.17, 15) is 19.5 Å². The summed E-state index contributed by atoms with van der Waals surface area (Å²) in [7, 11) is 1.23. The van der Waals surface area contributed by atoms with Gasteiger partial charge in [-0.25, -0.2) is 4.79 Å². The van der Waals surface area contributed by atoms with Crippen LogP contribution in [0.3, 0.4) is 0 Å². The molecule has 1 atom stereocenters. The molecule has 0 fully saturated rings. The summed E-state index contributed by atoms with van der Waals surface area (Å²) in [5.74, 6) is -0.988. The zero-order valence-electron chi connectivity index (χ0n) is 15.1. The van der Waals surface area contributed by atoms with Crippen LogP contribution in [0.4, 0.5) is 0 Å². The fourth-order valence-electron chi connectivity index (χ4n) is 2.69. The van der Waals surface area contributed by atoms with Crippen LogP contribution >= 0.6 is 0 Å². The molecular formula is C18H22N2O6. The number of nitrogens with one attached hydrogen (secondary N) is 2. The number of carbonyl (C=O) groups is 3. The van der Waals surface area contributed by atoms with Crippen LogP contribution in [0.5, 0.6) is 0 Å². The van der Waals surface area contributed by atoms with Crippen molar-refractivity contribution in [3.63, 3.8) is 0 Å². The van der Waals surface area contributed by atoms with Gasteiger partial charge in [0, 0.05) is 12.6 Å². The van der Waals surface area contributed by atoms with Crippen molar-refractivity contribution < 1.29 is 28.6 Å². The Hall–Kier alpha value is -2.87. The van der Waals surface area contributed by atoms with Crippen molar-refractivity contribution in [3.05, 3.63) is 46.7 Å². The number of ether oxygens (including phenoxy) is 1. The molecule has 3 N–H and O–H groups in total. The van der Waals surface area contributed by atoms with Crippen LogP contribution < -0.4 is 5.32 Å². The Kier molecular flexibility index (Phi) is 5.66. The number of Topliss-reactive ketones (excluding diaryl/α,β-unsaturated/α-hetero) is 1. The first-order chi connectivity index (χ1) is 12.2. The fourth-order valence-corrected chi connectivity index (χ4v) is 2.69. The zero-order valence-corrected chi connectivity index (χ0v) is 15.1. The summed E-state index contributed by atoms with van der Waals surface area (Å²) in [5.41, 5.74) is -0.216. The first-order valence-electron chi connectivity index (χ1n) is 8.01. The molecule has 26 heavy (non-hydrogen) atoms. The molecule has 0 radical (unpaired) electrons. The van der Waals surface area contributed by atoms with Gasteiger partial charge in [0.2, 0.25) is 5.91 Å². The number of H-pyrrole nitrogens is 1. The first kappa shape index (κ1) is 19.5. The van der Waals surface area contributed by atoms with Gasteiger partial charge in [-0.2, -0.15) is 0 Å². The molecule has 0 spiro atoms. The minimum absolute atomic E-state index is 0.0772. The lowest BCUT2D eigenvalue weighted by atomic mass is 10.0. The van der Waals surface area contributed by atoms with Crippen LogP contribution in [0.2, 0.25) is 0 Å². The number of aliphatic hydroxyl groups is 1. The molecule has 0 bridgehead atoms. The SMILES string of the molecule is COC(=O)c1c(CC(=O)NC[C@](C)(O)c2ccco2)[nH]c(C(C)=O)c1C. The summed E-state index contributed by atoms with van der Waals surface area (Å²) in [4.78, 5) is 38.8. The van der Waals surface area contributed by atoms with Crippen molar-refractivity contribution >= 4 is 17.7 Å². The zero-order chi connectivity index (χ0) is 19.5. The smallest absolute Gasteiger partial charge is 0.339 e. The normalized spacial score (nSPS) is 13.1. The molecule has 2 rings (SSSR count). The maximum Gasteiger partial charge on any atom is 0.339 e. The molecule has 2 aromatic heterocycles. The van der Waals surface area contributed by atoms with Crippen LogP contribution in [0.25, 0.3) is 0 Å². The number of methoxy groups -OCH3 is 1. The number of esters is 1. The van der Waals surface area contributed by atoms with Crippen LogP contribution in [0.1, 0.15) is 51.7 Å². The van der Waals surface area contributed by atoms with E-state index in [0.29, 0.717) is 11.3 Å². The highest BCUT2D eigenvalue weighted by atomic mass is 16.5. The Balaban J connectivity index is 2.15. The van der Waals surface area contributed by atoms with E-state index in [0.717, 1.165) is 0 Å². The summed E-state index contributed by atoms with van der Waals surface area (Å²) in [5, 5.41) is 13.0. The topological polar surface area (TPSA) is 122 Å². The molecule has 0 aliphatic heterocycles. The maximum atomic E-state index is 12.3. The average molecular weight is 362 g/mol. The second kappa shape index (κ2) is 7.57. The number of aromatic nitrogens is 1. The molecule has 0 saturated carbocycles. The molecule has 140 valence electrons. The highest BCUT2D eigenvalue weighted by molar-refractivity contribution is 6.01. The lowest BCUT2D eigenvalue weighted by Crippen LogP contribution is -2.39. The van der Waals surface area contributed by atoms with Crippen LogP contribution in [-0.4, -0.2) is 41.4 Å². The number of hydrogen-bond acceptors (Lipinski definition) is 6. The van der Waals surface area contributed by atoms with E-state index in [1.807, 2.05) is 0 Å². The number of furan rings is 1. The third kappa shape index (κ3) is 4.02. The third-order valence-electron chi connectivity index (χ3n) is 4.09. The molecule has 8 nitrogen and oxygen atoms in total. The highest BCUT2D eigenvalue weighted by Crippen LogP contribution is 2.22. The van der Waals surface area contributed by atoms with Crippen LogP contribution in [0.15, 0.2) is 22.8 Å². The van der Waals surface area contributed by atoms with Gasteiger partial charge in [-0.1, -0.05) is 0 Å². The molecule has 0 aromatic carbocycles. The molecule has 2 aromatic rings. The second-order valence-electron chi connectivity index (χ2n) is 6.23. The number of hydrogen-bond donors (Lipinski definition) is 3. The summed E-state index contributed by atoms with van der Waals surface area (Å²) >= 11 is 0. The monoisotopic (exact) mass is 362 g/mol. The summed E-state index contributed by atoms with van der Waals surface area (Å²) in [6, 6.07) is 3.24. The van der Waals surface area contributed by atoms with Gasteiger partial charge in [0.1, 0.15) is 11.4 Å². The van der Waals surface area contributed by atoms with Gasteiger partial charge >= 0.3 is 5.97 Å². The first-order valence-corrected chi connectivity index (χ1v) is 8.01. The van der Waals surface area contributed by atoms with Crippen LogP contribution in [-0.2, 0) is 21.6 Å². The molecule has 2 heterocycles. The van der Waals surface area contributed by atoms with Gasteiger partial charge in [-0.3, -0.25) is 9.59 Å². The fraction of sp³-hybridized carbons (Fsp3) is 0.389. The van der Waals surface area contributed by atoms with E-state index in [1.165, 1.54) is 27.2 Å². The highest BCUT2D eigenvalue weighted by Gasteiger charge is 2.28. The van der Waals surface area contributed by atoms with E-state index in [-0.39, 0.29) is 35.7 Å². The summed E-state index contributed by atoms with van der Waals surface area (Å²) in [6.07, 6.45) is 1.26. The van der Waals surface area contributed by atoms with Gasteiger partial charge in [-0.05, 0) is 31.5 Å². The molecule has 0 aliphatic carbocycles. The van der Waals surface area contributed by atoms with E-state index in [4.69, 9.17) is 9.15 Å². The summed E-state index contributed by atoms with van der Waals surface area (Å²) in [6.45, 7) is 4.41. The molecule has 0 saturated heterocycles. The maximum absolute atomic E-state index is 12.3. The van der Waals surface area contributed by atoms with Crippen molar-refractivity contribution in [2.24, 2.45) is 0 Å². The number of rotatable bonds is 7. The van der Waals surface area contributed by atoms with Crippen molar-refractivity contribution in [3.8, 4) is 0 Å². The molecule has 0 unspecified atom stereocenters. The quantitative estimate of drug-likeness (QED) is 0.506. The number of ketones is 1. The van der Waals surface area contributed by atoms with E-state index < -0.39 is 17.5 Å². The molecule has 1 amide bonds. The Morgan fingerprint density at radius 3 is 2.62 bits per heavy atom. The van der Waals surface area contributed by atoms with E-state index in [1.54, 1.807) is 19.1 Å². The van der Waals surface area contributed by atoms with E-state index in [2.05, 4.69) is 10.3 Å². The van der Waals surface area contributed by atoms with Gasteiger partial charge in [-0.15, -0.1) is 0 Å². The van der Waals surface area contributed by atoms with Gasteiger partial charge in [0.05, 0.1) is 37.6 Å². The number of carbonyl (C=O) groups excluding carboxylic acids is 3. The Labute approximate surface area is 150 Å². The van der Waals surface area contributed by atoms with Gasteiger partial charge in [0.25, 0.3) is 0 Å². The second-order valence-corrected chi connectivity index (χ2v) is 6.23. The minimum atomic E-state index is -1.37. The third-order valence-corrected chi connectivity index (χ3v) is 4.09. The number of amides is 1. The predicted octanol–water partition coefficient (Wildman–Crippen LogP) is 1.47. The van der Waals surface area contributed by atoms with Gasteiger partial charge in [0.15, 0.2) is 5.78 Å². The van der Waals surface area contributed by atoms with Crippen molar-refractivity contribution in [2.45, 2.75) is 32.8 Å². The Morgan fingerprint density at radius 1 is 1.38 bits per heavy atom. The lowest BCUT2D eigenvalue weighted by Gasteiger charge is -2.21. The molecule has 8 heteroatoms. The average Bonchev–Trinajstić information content (AvgIpc) is 3.21. The van der Waals surface area contributed by atoms with Crippen molar-refractivity contribution in [2.75, 3.05) is 13.7 Å². The minimum Gasteiger partial charge on any atom is -0.466 e. The Morgan fingerprint density at radius 2 is 2.08 bits per heavy atom. The largest absolute Gasteiger partial charge is 0.466 e. The van der Waals surface area contributed by atoms with E-state index >= 15 is 0 Å². The predicted molar refractivity (Wildman–Crippen MR) is 91.9 cm³/mol. The van der Waals surface area contributed by atoms with Crippen molar-refractivity contribution in [1.29, 1.82) is 0 Å².